The highest BCUT2D eigenvalue weighted by molar-refractivity contribution is 7.86. The quantitative estimate of drug-likeness (QED) is 0.617. The molecule has 0 amide bonds. The smallest absolute Gasteiger partial charge is 0.228 e. The first kappa shape index (κ1) is 20.3. The predicted molar refractivity (Wildman–Crippen MR) is 103 cm³/mol. The van der Waals surface area contributed by atoms with E-state index in [2.05, 4.69) is 10.1 Å². The van der Waals surface area contributed by atoms with Gasteiger partial charge in [0.15, 0.2) is 11.3 Å². The van der Waals surface area contributed by atoms with E-state index in [1.165, 1.54) is 35.8 Å². The van der Waals surface area contributed by atoms with Crippen molar-refractivity contribution in [2.75, 3.05) is 20.6 Å². The van der Waals surface area contributed by atoms with Crippen molar-refractivity contribution in [2.45, 2.75) is 25.1 Å². The van der Waals surface area contributed by atoms with Crippen molar-refractivity contribution in [3.8, 4) is 10.6 Å². The summed E-state index contributed by atoms with van der Waals surface area (Å²) in [6.07, 6.45) is -3.55. The van der Waals surface area contributed by atoms with Crippen LogP contribution in [0, 0.1) is 0 Å². The van der Waals surface area contributed by atoms with Crippen molar-refractivity contribution in [3.05, 3.63) is 41.0 Å². The highest BCUT2D eigenvalue weighted by Gasteiger charge is 2.39. The fourth-order valence-corrected chi connectivity index (χ4v) is 5.43. The van der Waals surface area contributed by atoms with Crippen molar-refractivity contribution in [1.82, 2.24) is 23.2 Å². The average Bonchev–Trinajstić information content (AvgIpc) is 3.37. The second-order valence-corrected chi connectivity index (χ2v) is 9.94. The zero-order chi connectivity index (χ0) is 21.0. The SMILES string of the molecule is CN(C)S(=O)(=O)N1CCCC1c1cc2nc(-c3cccs3)cc(C(F)(F)F)n2n1. The minimum absolute atomic E-state index is 0.0346. The molecule has 12 heteroatoms. The lowest BCUT2D eigenvalue weighted by atomic mass is 10.2. The van der Waals surface area contributed by atoms with Crippen LogP contribution in [0.4, 0.5) is 13.2 Å². The zero-order valence-electron chi connectivity index (χ0n) is 15.6. The molecule has 3 aromatic rings. The summed E-state index contributed by atoms with van der Waals surface area (Å²) < 4.78 is 69.4. The molecule has 1 fully saturated rings. The molecule has 1 unspecified atom stereocenters. The van der Waals surface area contributed by atoms with Gasteiger partial charge in [-0.15, -0.1) is 11.3 Å². The fraction of sp³-hybridized carbons (Fsp3) is 0.412. The minimum atomic E-state index is -4.64. The van der Waals surface area contributed by atoms with Crippen LogP contribution in [0.2, 0.25) is 0 Å². The van der Waals surface area contributed by atoms with E-state index in [1.807, 2.05) is 0 Å². The molecule has 0 saturated carbocycles. The van der Waals surface area contributed by atoms with Gasteiger partial charge in [-0.3, -0.25) is 0 Å². The van der Waals surface area contributed by atoms with E-state index >= 15 is 0 Å². The summed E-state index contributed by atoms with van der Waals surface area (Å²) in [7, 11) is -0.874. The number of halogens is 3. The molecule has 0 aliphatic carbocycles. The Balaban J connectivity index is 1.86. The van der Waals surface area contributed by atoms with Crippen molar-refractivity contribution < 1.29 is 21.6 Å². The van der Waals surface area contributed by atoms with Crippen LogP contribution < -0.4 is 0 Å². The predicted octanol–water partition coefficient (Wildman–Crippen LogP) is 3.42. The van der Waals surface area contributed by atoms with Gasteiger partial charge in [-0.25, -0.2) is 9.50 Å². The van der Waals surface area contributed by atoms with E-state index in [-0.39, 0.29) is 17.0 Å². The highest BCUT2D eigenvalue weighted by atomic mass is 32.2. The van der Waals surface area contributed by atoms with Crippen molar-refractivity contribution in [1.29, 1.82) is 0 Å². The second kappa shape index (κ2) is 7.04. The molecule has 0 spiro atoms. The first-order valence-corrected chi connectivity index (χ1v) is 11.1. The first-order valence-electron chi connectivity index (χ1n) is 8.80. The van der Waals surface area contributed by atoms with Crippen molar-refractivity contribution >= 4 is 27.2 Å². The van der Waals surface area contributed by atoms with Crippen molar-refractivity contribution in [3.63, 3.8) is 0 Å². The van der Waals surface area contributed by atoms with E-state index in [0.717, 1.165) is 14.9 Å². The number of nitrogens with zero attached hydrogens (tertiary/aromatic N) is 5. The number of hydrogen-bond acceptors (Lipinski definition) is 5. The minimum Gasteiger partial charge on any atom is -0.228 e. The lowest BCUT2D eigenvalue weighted by Crippen LogP contribution is -2.39. The number of aromatic nitrogens is 3. The van der Waals surface area contributed by atoms with Gasteiger partial charge in [0.1, 0.15) is 0 Å². The summed E-state index contributed by atoms with van der Waals surface area (Å²) >= 11 is 1.29. The van der Waals surface area contributed by atoms with Gasteiger partial charge in [-0.2, -0.15) is 35.3 Å². The number of hydrogen-bond donors (Lipinski definition) is 0. The maximum absolute atomic E-state index is 13.7. The topological polar surface area (TPSA) is 70.8 Å². The van der Waals surface area contributed by atoms with Gasteiger partial charge in [0.2, 0.25) is 0 Å². The van der Waals surface area contributed by atoms with Gasteiger partial charge in [-0.05, 0) is 30.4 Å². The second-order valence-electron chi connectivity index (χ2n) is 6.90. The summed E-state index contributed by atoms with van der Waals surface area (Å²) in [5, 5.41) is 5.88. The number of alkyl halides is 3. The highest BCUT2D eigenvalue weighted by Crippen LogP contribution is 2.37. The van der Waals surface area contributed by atoms with Crippen LogP contribution in [0.3, 0.4) is 0 Å². The van der Waals surface area contributed by atoms with Crippen LogP contribution in [0.1, 0.15) is 30.3 Å². The summed E-state index contributed by atoms with van der Waals surface area (Å²) in [6, 6.07) is 5.22. The Labute approximate surface area is 169 Å². The molecular weight excluding hydrogens is 427 g/mol. The Hall–Kier alpha value is -2.02. The molecule has 3 aromatic heterocycles. The summed E-state index contributed by atoms with van der Waals surface area (Å²) in [5.74, 6) is 0. The van der Waals surface area contributed by atoms with E-state index in [0.29, 0.717) is 24.3 Å². The Morgan fingerprint density at radius 2 is 2.03 bits per heavy atom. The van der Waals surface area contributed by atoms with Gasteiger partial charge in [0.25, 0.3) is 10.2 Å². The van der Waals surface area contributed by atoms with Crippen LogP contribution >= 0.6 is 11.3 Å². The monoisotopic (exact) mass is 445 g/mol. The molecule has 7 nitrogen and oxygen atoms in total. The van der Waals surface area contributed by atoms with E-state index < -0.39 is 28.1 Å². The Morgan fingerprint density at radius 1 is 1.28 bits per heavy atom. The molecule has 0 radical (unpaired) electrons. The zero-order valence-corrected chi connectivity index (χ0v) is 17.2. The summed E-state index contributed by atoms with van der Waals surface area (Å²) in [6.45, 7) is 0.291. The Morgan fingerprint density at radius 3 is 2.66 bits per heavy atom. The number of rotatable bonds is 4. The average molecular weight is 445 g/mol. The van der Waals surface area contributed by atoms with Gasteiger partial charge >= 0.3 is 6.18 Å². The van der Waals surface area contributed by atoms with Crippen molar-refractivity contribution in [2.24, 2.45) is 0 Å². The summed E-state index contributed by atoms with van der Waals surface area (Å²) in [5.41, 5.74) is -0.450. The number of thiophene rings is 1. The molecule has 0 N–H and O–H groups in total. The Kier molecular flexibility index (Phi) is 4.92. The molecule has 4 heterocycles. The molecule has 1 aliphatic heterocycles. The van der Waals surface area contributed by atoms with E-state index in [4.69, 9.17) is 0 Å². The molecule has 1 atom stereocenters. The summed E-state index contributed by atoms with van der Waals surface area (Å²) in [4.78, 5) is 4.95. The third kappa shape index (κ3) is 3.54. The lowest BCUT2D eigenvalue weighted by Gasteiger charge is -2.25. The largest absolute Gasteiger partial charge is 0.433 e. The fourth-order valence-electron chi connectivity index (χ4n) is 3.43. The maximum Gasteiger partial charge on any atom is 0.433 e. The molecule has 0 aromatic carbocycles. The van der Waals surface area contributed by atoms with E-state index in [9.17, 15) is 21.6 Å². The maximum atomic E-state index is 13.7. The lowest BCUT2D eigenvalue weighted by molar-refractivity contribution is -0.142. The first-order chi connectivity index (χ1) is 13.6. The molecular formula is C17H18F3N5O2S2. The standard InChI is InChI=1S/C17H18F3N5O2S2/c1-23(2)29(26,27)24-7-3-5-13(24)11-10-16-21-12(14-6-4-8-28-14)9-15(17(18,19)20)25(16)22-11/h4,6,8-10,13H,3,5,7H2,1-2H3. The van der Waals surface area contributed by atoms with Crippen LogP contribution in [0.5, 0.6) is 0 Å². The van der Waals surface area contributed by atoms with Crippen LogP contribution in [-0.2, 0) is 16.4 Å². The Bertz CT molecular complexity index is 1140. The van der Waals surface area contributed by atoms with Gasteiger partial charge in [-0.1, -0.05) is 6.07 Å². The molecule has 29 heavy (non-hydrogen) atoms. The van der Waals surface area contributed by atoms with Crippen LogP contribution in [0.15, 0.2) is 29.6 Å². The molecule has 156 valence electrons. The third-order valence-electron chi connectivity index (χ3n) is 4.81. The van der Waals surface area contributed by atoms with Crippen LogP contribution in [-0.4, -0.2) is 52.3 Å². The third-order valence-corrected chi connectivity index (χ3v) is 7.66. The van der Waals surface area contributed by atoms with Gasteiger partial charge < -0.3 is 0 Å². The molecule has 1 aliphatic rings. The van der Waals surface area contributed by atoms with Gasteiger partial charge in [0.05, 0.1) is 22.3 Å². The number of fused-ring (bicyclic) bond motifs is 1. The molecule has 4 rings (SSSR count). The van der Waals surface area contributed by atoms with Gasteiger partial charge in [0, 0.05) is 26.7 Å². The molecule has 0 bridgehead atoms. The normalized spacial score (nSPS) is 18.9. The van der Waals surface area contributed by atoms with E-state index in [1.54, 1.807) is 17.5 Å². The van der Waals surface area contributed by atoms with Crippen LogP contribution in [0.25, 0.3) is 16.2 Å². The molecule has 1 saturated heterocycles.